The highest BCUT2D eigenvalue weighted by Crippen LogP contribution is 2.25. The standard InChI is InChI=1S/C12H8Br2N2O2/c13-8-2-1-7(5-11(8)17)12(18)16-10-3-4-15-6-9(10)14/h1-6,17H,(H,15,16,18). The number of aromatic hydroxyl groups is 1. The minimum absolute atomic E-state index is 0.0245. The van der Waals surface area contributed by atoms with Crippen molar-refractivity contribution in [2.75, 3.05) is 5.32 Å². The summed E-state index contributed by atoms with van der Waals surface area (Å²) in [6, 6.07) is 6.31. The minimum Gasteiger partial charge on any atom is -0.507 e. The number of carbonyl (C=O) groups is 1. The molecule has 0 spiro atoms. The summed E-state index contributed by atoms with van der Waals surface area (Å²) < 4.78 is 1.24. The molecule has 0 radical (unpaired) electrons. The first-order valence-corrected chi connectivity index (χ1v) is 6.56. The SMILES string of the molecule is O=C(Nc1ccncc1Br)c1ccc(Br)c(O)c1. The highest BCUT2D eigenvalue weighted by Gasteiger charge is 2.10. The molecule has 0 aliphatic carbocycles. The third kappa shape index (κ3) is 2.88. The van der Waals surface area contributed by atoms with E-state index < -0.39 is 0 Å². The highest BCUT2D eigenvalue weighted by molar-refractivity contribution is 9.11. The Morgan fingerprint density at radius 2 is 2.00 bits per heavy atom. The van der Waals surface area contributed by atoms with Crippen LogP contribution < -0.4 is 5.32 Å². The first-order valence-electron chi connectivity index (χ1n) is 4.97. The molecule has 2 N–H and O–H groups in total. The number of phenols is 1. The van der Waals surface area contributed by atoms with Crippen molar-refractivity contribution in [3.05, 3.63) is 51.2 Å². The molecular weight excluding hydrogens is 364 g/mol. The molecule has 0 bridgehead atoms. The van der Waals surface area contributed by atoms with Crippen LogP contribution in [0.5, 0.6) is 5.75 Å². The van der Waals surface area contributed by atoms with Gasteiger partial charge in [-0.25, -0.2) is 0 Å². The molecule has 0 fully saturated rings. The van der Waals surface area contributed by atoms with Gasteiger partial charge in [0.15, 0.2) is 0 Å². The van der Waals surface area contributed by atoms with Gasteiger partial charge in [0.25, 0.3) is 5.91 Å². The van der Waals surface area contributed by atoms with Crippen LogP contribution in [0.25, 0.3) is 0 Å². The van der Waals surface area contributed by atoms with E-state index in [9.17, 15) is 9.90 Å². The predicted octanol–water partition coefficient (Wildman–Crippen LogP) is 3.56. The Morgan fingerprint density at radius 3 is 2.67 bits per heavy atom. The molecule has 92 valence electrons. The summed E-state index contributed by atoms with van der Waals surface area (Å²) in [6.45, 7) is 0. The van der Waals surface area contributed by atoms with Gasteiger partial charge >= 0.3 is 0 Å². The molecule has 2 rings (SSSR count). The van der Waals surface area contributed by atoms with Crippen molar-refractivity contribution in [3.8, 4) is 5.75 Å². The lowest BCUT2D eigenvalue weighted by Crippen LogP contribution is -2.12. The van der Waals surface area contributed by atoms with E-state index in [-0.39, 0.29) is 11.7 Å². The summed E-state index contributed by atoms with van der Waals surface area (Å²) in [5, 5.41) is 12.2. The van der Waals surface area contributed by atoms with Crippen molar-refractivity contribution in [1.29, 1.82) is 0 Å². The van der Waals surface area contributed by atoms with E-state index in [1.807, 2.05) is 0 Å². The number of phenolic OH excluding ortho intramolecular Hbond substituents is 1. The zero-order valence-corrected chi connectivity index (χ0v) is 12.2. The number of halogens is 2. The van der Waals surface area contributed by atoms with Gasteiger partial charge in [-0.05, 0) is 56.1 Å². The molecule has 4 nitrogen and oxygen atoms in total. The van der Waals surface area contributed by atoms with E-state index in [2.05, 4.69) is 42.2 Å². The number of aromatic nitrogens is 1. The molecule has 6 heteroatoms. The van der Waals surface area contributed by atoms with E-state index >= 15 is 0 Å². The Labute approximate surface area is 120 Å². The summed E-state index contributed by atoms with van der Waals surface area (Å²) in [4.78, 5) is 15.9. The minimum atomic E-state index is -0.301. The Morgan fingerprint density at radius 1 is 1.22 bits per heavy atom. The Bertz CT molecular complexity index is 602. The first kappa shape index (κ1) is 13.0. The molecule has 0 atom stereocenters. The quantitative estimate of drug-likeness (QED) is 0.848. The molecule has 1 aromatic heterocycles. The topological polar surface area (TPSA) is 62.2 Å². The normalized spacial score (nSPS) is 10.1. The lowest BCUT2D eigenvalue weighted by atomic mass is 10.2. The first-order chi connectivity index (χ1) is 8.58. The largest absolute Gasteiger partial charge is 0.507 e. The summed E-state index contributed by atoms with van der Waals surface area (Å²) in [5.41, 5.74) is 0.997. The number of nitrogens with one attached hydrogen (secondary N) is 1. The molecule has 0 saturated heterocycles. The van der Waals surface area contributed by atoms with Crippen molar-refractivity contribution >= 4 is 43.5 Å². The molecule has 1 heterocycles. The molecule has 1 aromatic carbocycles. The average Bonchev–Trinajstić information content (AvgIpc) is 2.35. The van der Waals surface area contributed by atoms with Crippen LogP contribution in [-0.4, -0.2) is 16.0 Å². The second-order valence-electron chi connectivity index (χ2n) is 3.48. The van der Waals surface area contributed by atoms with Crippen molar-refractivity contribution in [3.63, 3.8) is 0 Å². The number of pyridine rings is 1. The fourth-order valence-corrected chi connectivity index (χ4v) is 1.92. The van der Waals surface area contributed by atoms with Gasteiger partial charge in [0.2, 0.25) is 0 Å². The number of carbonyl (C=O) groups excluding carboxylic acids is 1. The van der Waals surface area contributed by atoms with Crippen LogP contribution in [0.3, 0.4) is 0 Å². The number of anilines is 1. The van der Waals surface area contributed by atoms with Crippen molar-refractivity contribution < 1.29 is 9.90 Å². The molecule has 2 aromatic rings. The molecule has 0 aliphatic heterocycles. The van der Waals surface area contributed by atoms with Gasteiger partial charge in [-0.2, -0.15) is 0 Å². The van der Waals surface area contributed by atoms with Crippen molar-refractivity contribution in [2.45, 2.75) is 0 Å². The lowest BCUT2D eigenvalue weighted by molar-refractivity contribution is 0.102. The Balaban J connectivity index is 2.22. The van der Waals surface area contributed by atoms with Crippen LogP contribution in [0.4, 0.5) is 5.69 Å². The van der Waals surface area contributed by atoms with E-state index in [0.29, 0.717) is 20.2 Å². The molecule has 18 heavy (non-hydrogen) atoms. The van der Waals surface area contributed by atoms with E-state index in [1.54, 1.807) is 30.6 Å². The number of benzene rings is 1. The maximum atomic E-state index is 12.0. The Hall–Kier alpha value is -1.40. The highest BCUT2D eigenvalue weighted by atomic mass is 79.9. The third-order valence-electron chi connectivity index (χ3n) is 2.23. The number of amides is 1. The summed E-state index contributed by atoms with van der Waals surface area (Å²) in [5.74, 6) is -0.277. The van der Waals surface area contributed by atoms with Crippen LogP contribution in [0, 0.1) is 0 Å². The lowest BCUT2D eigenvalue weighted by Gasteiger charge is -2.07. The van der Waals surface area contributed by atoms with Gasteiger partial charge in [-0.15, -0.1) is 0 Å². The van der Waals surface area contributed by atoms with Gasteiger partial charge in [-0.3, -0.25) is 9.78 Å². The van der Waals surface area contributed by atoms with Gasteiger partial charge < -0.3 is 10.4 Å². The van der Waals surface area contributed by atoms with Crippen LogP contribution >= 0.6 is 31.9 Å². The zero-order chi connectivity index (χ0) is 13.1. The van der Waals surface area contributed by atoms with Crippen molar-refractivity contribution in [1.82, 2.24) is 4.98 Å². The third-order valence-corrected chi connectivity index (χ3v) is 3.53. The smallest absolute Gasteiger partial charge is 0.255 e. The predicted molar refractivity (Wildman–Crippen MR) is 75.7 cm³/mol. The fourth-order valence-electron chi connectivity index (χ4n) is 1.32. The van der Waals surface area contributed by atoms with Crippen LogP contribution in [0.15, 0.2) is 45.6 Å². The summed E-state index contributed by atoms with van der Waals surface area (Å²) in [7, 11) is 0. The second-order valence-corrected chi connectivity index (χ2v) is 5.18. The summed E-state index contributed by atoms with van der Waals surface area (Å²) >= 11 is 6.45. The maximum Gasteiger partial charge on any atom is 0.255 e. The van der Waals surface area contributed by atoms with Crippen LogP contribution in [-0.2, 0) is 0 Å². The fraction of sp³-hybridized carbons (Fsp3) is 0. The monoisotopic (exact) mass is 370 g/mol. The summed E-state index contributed by atoms with van der Waals surface area (Å²) in [6.07, 6.45) is 3.17. The number of nitrogens with zero attached hydrogens (tertiary/aromatic N) is 1. The van der Waals surface area contributed by atoms with E-state index in [4.69, 9.17) is 0 Å². The van der Waals surface area contributed by atoms with Crippen LogP contribution in [0.1, 0.15) is 10.4 Å². The average molecular weight is 372 g/mol. The molecule has 1 amide bonds. The molecule has 0 aliphatic rings. The van der Waals surface area contributed by atoms with E-state index in [0.717, 1.165) is 0 Å². The van der Waals surface area contributed by atoms with Gasteiger partial charge in [0.05, 0.1) is 14.6 Å². The van der Waals surface area contributed by atoms with E-state index in [1.165, 1.54) is 6.07 Å². The molecular formula is C12H8Br2N2O2. The molecule has 0 saturated carbocycles. The molecule has 0 unspecified atom stereocenters. The zero-order valence-electron chi connectivity index (χ0n) is 9.02. The van der Waals surface area contributed by atoms with Crippen molar-refractivity contribution in [2.24, 2.45) is 0 Å². The second kappa shape index (κ2) is 5.49. The Kier molecular flexibility index (Phi) is 3.98. The number of hydrogen-bond donors (Lipinski definition) is 2. The maximum absolute atomic E-state index is 12.0. The van der Waals surface area contributed by atoms with Gasteiger partial charge in [0, 0.05) is 18.0 Å². The van der Waals surface area contributed by atoms with Gasteiger partial charge in [-0.1, -0.05) is 0 Å². The van der Waals surface area contributed by atoms with Crippen LogP contribution in [0.2, 0.25) is 0 Å². The number of rotatable bonds is 2. The number of hydrogen-bond acceptors (Lipinski definition) is 3. The van der Waals surface area contributed by atoms with Gasteiger partial charge in [0.1, 0.15) is 5.75 Å².